The van der Waals surface area contributed by atoms with Gasteiger partial charge in [-0.05, 0) is 49.8 Å². The number of hydrogen-bond donors (Lipinski definition) is 1. The monoisotopic (exact) mass is 385 g/mol. The van der Waals surface area contributed by atoms with Crippen molar-refractivity contribution in [3.05, 3.63) is 33.8 Å². The van der Waals surface area contributed by atoms with Crippen LogP contribution in [0.5, 0.6) is 0 Å². The molecule has 1 atom stereocenters. The van der Waals surface area contributed by atoms with Crippen LogP contribution in [0.4, 0.5) is 0 Å². The number of rotatable bonds is 4. The summed E-state index contributed by atoms with van der Waals surface area (Å²) in [6.07, 6.45) is 2.51. The van der Waals surface area contributed by atoms with Crippen LogP contribution in [0.25, 0.3) is 0 Å². The van der Waals surface area contributed by atoms with Crippen molar-refractivity contribution in [2.75, 3.05) is 19.7 Å². The molecule has 2 fully saturated rings. The number of aliphatic carboxylic acids is 1. The largest absolute Gasteiger partial charge is 0.481 e. The molecule has 2 aliphatic heterocycles. The van der Waals surface area contributed by atoms with E-state index in [4.69, 9.17) is 27.9 Å². The second-order valence-electron chi connectivity index (χ2n) is 6.84. The maximum atomic E-state index is 12.4. The lowest BCUT2D eigenvalue weighted by Crippen LogP contribution is -2.50. The van der Waals surface area contributed by atoms with Crippen LogP contribution in [-0.4, -0.2) is 47.7 Å². The number of carbonyl (C=O) groups excluding carboxylic acids is 1. The van der Waals surface area contributed by atoms with Gasteiger partial charge in [0.2, 0.25) is 0 Å². The van der Waals surface area contributed by atoms with E-state index in [1.807, 2.05) is 6.07 Å². The molecule has 0 unspecified atom stereocenters. The molecule has 3 rings (SSSR count). The van der Waals surface area contributed by atoms with Crippen LogP contribution in [0.3, 0.4) is 0 Å². The first-order valence-electron chi connectivity index (χ1n) is 8.49. The quantitative estimate of drug-likeness (QED) is 0.861. The highest BCUT2D eigenvalue weighted by molar-refractivity contribution is 6.42. The number of nitrogens with zero attached hydrogens (tertiary/aromatic N) is 1. The lowest BCUT2D eigenvalue weighted by atomic mass is 9.73. The van der Waals surface area contributed by atoms with Gasteiger partial charge in [0.25, 0.3) is 5.91 Å². The molecule has 2 heterocycles. The fraction of sp³-hybridized carbons (Fsp3) is 0.556. The summed E-state index contributed by atoms with van der Waals surface area (Å²) in [7, 11) is 0. The standard InChI is InChI=1S/C18H21Cl2NO4/c19-13-4-3-12(10-14(13)20)11-18(17(23)24)5-7-21(8-6-18)16(22)15-2-1-9-25-15/h3-4,10,15H,1-2,5-9,11H2,(H,23,24)/t15-/m1/s1. The number of likely N-dealkylation sites (tertiary alicyclic amines) is 1. The second kappa shape index (κ2) is 7.52. The molecule has 2 aliphatic rings. The molecule has 1 aromatic carbocycles. The molecule has 25 heavy (non-hydrogen) atoms. The van der Waals surface area contributed by atoms with Gasteiger partial charge in [0.15, 0.2) is 0 Å². The van der Waals surface area contributed by atoms with Gasteiger partial charge < -0.3 is 14.7 Å². The third-order valence-electron chi connectivity index (χ3n) is 5.22. The molecule has 0 spiro atoms. The fourth-order valence-electron chi connectivity index (χ4n) is 3.64. The summed E-state index contributed by atoms with van der Waals surface area (Å²) in [5.74, 6) is -0.839. The number of carbonyl (C=O) groups is 2. The van der Waals surface area contributed by atoms with Crippen LogP contribution in [0.15, 0.2) is 18.2 Å². The van der Waals surface area contributed by atoms with E-state index in [2.05, 4.69) is 0 Å². The predicted octanol–water partition coefficient (Wildman–Crippen LogP) is 3.41. The summed E-state index contributed by atoms with van der Waals surface area (Å²) in [4.78, 5) is 26.2. The highest BCUT2D eigenvalue weighted by Gasteiger charge is 2.43. The fourth-order valence-corrected chi connectivity index (χ4v) is 3.96. The van der Waals surface area contributed by atoms with E-state index in [0.29, 0.717) is 49.0 Å². The molecule has 1 aromatic rings. The van der Waals surface area contributed by atoms with Gasteiger partial charge in [-0.3, -0.25) is 9.59 Å². The molecule has 5 nitrogen and oxygen atoms in total. The first kappa shape index (κ1) is 18.5. The first-order chi connectivity index (χ1) is 11.9. The van der Waals surface area contributed by atoms with Gasteiger partial charge in [-0.1, -0.05) is 29.3 Å². The van der Waals surface area contributed by atoms with E-state index in [-0.39, 0.29) is 12.0 Å². The summed E-state index contributed by atoms with van der Waals surface area (Å²) in [6, 6.07) is 5.21. The lowest BCUT2D eigenvalue weighted by molar-refractivity contribution is -0.156. The molecule has 1 amide bonds. The van der Waals surface area contributed by atoms with Gasteiger partial charge in [-0.15, -0.1) is 0 Å². The Bertz CT molecular complexity index is 665. The average molecular weight is 386 g/mol. The van der Waals surface area contributed by atoms with E-state index in [9.17, 15) is 14.7 Å². The van der Waals surface area contributed by atoms with Gasteiger partial charge in [-0.25, -0.2) is 0 Å². The van der Waals surface area contributed by atoms with Crippen molar-refractivity contribution in [1.29, 1.82) is 0 Å². The maximum absolute atomic E-state index is 12.4. The van der Waals surface area contributed by atoms with E-state index in [1.165, 1.54) is 0 Å². The molecule has 0 aromatic heterocycles. The van der Waals surface area contributed by atoms with Crippen LogP contribution < -0.4 is 0 Å². The van der Waals surface area contributed by atoms with Crippen LogP contribution in [-0.2, 0) is 20.7 Å². The van der Waals surface area contributed by atoms with E-state index in [0.717, 1.165) is 18.4 Å². The Morgan fingerprint density at radius 3 is 2.52 bits per heavy atom. The number of hydrogen-bond acceptors (Lipinski definition) is 3. The Kier molecular flexibility index (Phi) is 5.56. The number of carboxylic acid groups (broad SMARTS) is 1. The summed E-state index contributed by atoms with van der Waals surface area (Å²) in [6.45, 7) is 1.50. The third kappa shape index (κ3) is 3.94. The number of ether oxygens (including phenoxy) is 1. The smallest absolute Gasteiger partial charge is 0.310 e. The van der Waals surface area contributed by atoms with Crippen LogP contribution in [0, 0.1) is 5.41 Å². The minimum Gasteiger partial charge on any atom is -0.481 e. The van der Waals surface area contributed by atoms with Crippen molar-refractivity contribution in [3.63, 3.8) is 0 Å². The van der Waals surface area contributed by atoms with Gasteiger partial charge in [0, 0.05) is 19.7 Å². The SMILES string of the molecule is O=C([C@H]1CCCO1)N1CCC(Cc2ccc(Cl)c(Cl)c2)(C(=O)O)CC1. The molecule has 0 aliphatic carbocycles. The first-order valence-corrected chi connectivity index (χ1v) is 9.25. The zero-order chi connectivity index (χ0) is 18.0. The summed E-state index contributed by atoms with van der Waals surface area (Å²) in [5, 5.41) is 10.7. The number of halogens is 2. The van der Waals surface area contributed by atoms with Gasteiger partial charge >= 0.3 is 5.97 Å². The molecule has 1 N–H and O–H groups in total. The van der Waals surface area contributed by atoms with Gasteiger partial charge in [0.05, 0.1) is 15.5 Å². The molecule has 2 saturated heterocycles. The Morgan fingerprint density at radius 2 is 1.96 bits per heavy atom. The van der Waals surface area contributed by atoms with Crippen molar-refractivity contribution < 1.29 is 19.4 Å². The highest BCUT2D eigenvalue weighted by Crippen LogP contribution is 2.37. The molecular weight excluding hydrogens is 365 g/mol. The number of amides is 1. The molecule has 0 radical (unpaired) electrons. The Balaban J connectivity index is 1.69. The van der Waals surface area contributed by atoms with E-state index in [1.54, 1.807) is 17.0 Å². The summed E-state index contributed by atoms with van der Waals surface area (Å²) in [5.41, 5.74) is -0.0412. The van der Waals surface area contributed by atoms with Crippen molar-refractivity contribution in [3.8, 4) is 0 Å². The molecule has 0 bridgehead atoms. The Morgan fingerprint density at radius 1 is 1.24 bits per heavy atom. The van der Waals surface area contributed by atoms with Crippen molar-refractivity contribution in [2.24, 2.45) is 5.41 Å². The minimum absolute atomic E-state index is 0.00831. The van der Waals surface area contributed by atoms with Crippen LogP contribution in [0.1, 0.15) is 31.2 Å². The zero-order valence-electron chi connectivity index (χ0n) is 13.8. The van der Waals surface area contributed by atoms with E-state index >= 15 is 0 Å². The zero-order valence-corrected chi connectivity index (χ0v) is 15.4. The third-order valence-corrected chi connectivity index (χ3v) is 5.96. The molecular formula is C18H21Cl2NO4. The average Bonchev–Trinajstić information content (AvgIpc) is 3.13. The topological polar surface area (TPSA) is 66.8 Å². The van der Waals surface area contributed by atoms with E-state index < -0.39 is 11.4 Å². The lowest BCUT2D eigenvalue weighted by Gasteiger charge is -2.39. The predicted molar refractivity (Wildman–Crippen MR) is 95.0 cm³/mol. The normalized spacial score (nSPS) is 22.8. The van der Waals surface area contributed by atoms with Crippen molar-refractivity contribution >= 4 is 35.1 Å². The number of carboxylic acids is 1. The summed E-state index contributed by atoms with van der Waals surface area (Å²) >= 11 is 12.0. The second-order valence-corrected chi connectivity index (χ2v) is 7.65. The number of benzene rings is 1. The minimum atomic E-state index is -0.884. The number of piperidine rings is 1. The van der Waals surface area contributed by atoms with Crippen molar-refractivity contribution in [1.82, 2.24) is 4.90 Å². The highest BCUT2D eigenvalue weighted by atomic mass is 35.5. The van der Waals surface area contributed by atoms with Gasteiger partial charge in [0.1, 0.15) is 6.10 Å². The van der Waals surface area contributed by atoms with Crippen LogP contribution in [0.2, 0.25) is 10.0 Å². The maximum Gasteiger partial charge on any atom is 0.310 e. The molecule has 136 valence electrons. The Hall–Kier alpha value is -1.30. The molecule has 0 saturated carbocycles. The Labute approximate surface area is 156 Å². The van der Waals surface area contributed by atoms with Gasteiger partial charge in [-0.2, -0.15) is 0 Å². The summed E-state index contributed by atoms with van der Waals surface area (Å²) < 4.78 is 5.45. The van der Waals surface area contributed by atoms with Crippen molar-refractivity contribution in [2.45, 2.75) is 38.2 Å². The molecule has 7 heteroatoms. The van der Waals surface area contributed by atoms with Crippen LogP contribution >= 0.6 is 23.2 Å².